The molecule has 1 atom stereocenters. The van der Waals surface area contributed by atoms with Crippen LogP contribution in [0, 0.1) is 0 Å². The molecule has 0 aliphatic carbocycles. The van der Waals surface area contributed by atoms with Crippen LogP contribution in [-0.4, -0.2) is 30.8 Å². The van der Waals surface area contributed by atoms with Gasteiger partial charge in [0.1, 0.15) is 17.6 Å². The standard InChI is InChI=1S/C19H26N4O2/c1-4-16-15(17(5-2)25-23-16)12-22-19(20-3)21-11-14-10-13-8-6-7-9-18(13)24-14/h6-9,14H,4-5,10-12H2,1-3H3,(H2,20,21,22). The summed E-state index contributed by atoms with van der Waals surface area (Å²) in [5.41, 5.74) is 3.41. The molecule has 2 N–H and O–H groups in total. The molecule has 1 aliphatic rings. The SMILES string of the molecule is CCc1noc(CC)c1CNC(=NC)NCC1Cc2ccccc2O1. The first-order valence-corrected chi connectivity index (χ1v) is 8.90. The number of nitrogens with zero attached hydrogens (tertiary/aromatic N) is 2. The number of nitrogens with one attached hydrogen (secondary N) is 2. The predicted molar refractivity (Wildman–Crippen MR) is 98.0 cm³/mol. The Kier molecular flexibility index (Phi) is 5.58. The molecule has 0 bridgehead atoms. The van der Waals surface area contributed by atoms with Gasteiger partial charge in [0.2, 0.25) is 0 Å². The average Bonchev–Trinajstić information content (AvgIpc) is 3.24. The summed E-state index contributed by atoms with van der Waals surface area (Å²) < 4.78 is 11.4. The van der Waals surface area contributed by atoms with Crippen molar-refractivity contribution in [1.82, 2.24) is 15.8 Å². The van der Waals surface area contributed by atoms with Crippen LogP contribution >= 0.6 is 0 Å². The van der Waals surface area contributed by atoms with Crippen molar-refractivity contribution in [2.45, 2.75) is 45.8 Å². The molecule has 2 heterocycles. The lowest BCUT2D eigenvalue weighted by Crippen LogP contribution is -2.42. The van der Waals surface area contributed by atoms with Gasteiger partial charge in [-0.3, -0.25) is 4.99 Å². The molecular weight excluding hydrogens is 316 g/mol. The lowest BCUT2D eigenvalue weighted by atomic mass is 10.1. The summed E-state index contributed by atoms with van der Waals surface area (Å²) in [6.45, 7) is 5.52. The van der Waals surface area contributed by atoms with E-state index in [0.717, 1.165) is 48.0 Å². The Hall–Kier alpha value is -2.50. The molecular formula is C19H26N4O2. The number of aliphatic imine (C=N–C) groups is 1. The highest BCUT2D eigenvalue weighted by atomic mass is 16.5. The van der Waals surface area contributed by atoms with Gasteiger partial charge in [-0.05, 0) is 18.1 Å². The molecule has 134 valence electrons. The topological polar surface area (TPSA) is 71.7 Å². The highest BCUT2D eigenvalue weighted by Crippen LogP contribution is 2.27. The Balaban J connectivity index is 1.52. The number of ether oxygens (including phenoxy) is 1. The van der Waals surface area contributed by atoms with E-state index < -0.39 is 0 Å². The van der Waals surface area contributed by atoms with Crippen LogP contribution in [0.5, 0.6) is 5.75 Å². The maximum Gasteiger partial charge on any atom is 0.191 e. The quantitative estimate of drug-likeness (QED) is 0.623. The minimum Gasteiger partial charge on any atom is -0.488 e. The van der Waals surface area contributed by atoms with Crippen LogP contribution in [0.3, 0.4) is 0 Å². The third kappa shape index (κ3) is 3.95. The Labute approximate surface area is 148 Å². The number of hydrogen-bond donors (Lipinski definition) is 2. The molecule has 1 unspecified atom stereocenters. The molecule has 0 saturated heterocycles. The molecule has 0 fully saturated rings. The first-order chi connectivity index (χ1) is 12.2. The number of fused-ring (bicyclic) bond motifs is 1. The molecule has 0 amide bonds. The fourth-order valence-corrected chi connectivity index (χ4v) is 3.11. The van der Waals surface area contributed by atoms with Gasteiger partial charge < -0.3 is 19.9 Å². The summed E-state index contributed by atoms with van der Waals surface area (Å²) in [7, 11) is 1.77. The molecule has 1 aromatic carbocycles. The van der Waals surface area contributed by atoms with Gasteiger partial charge in [-0.1, -0.05) is 37.2 Å². The van der Waals surface area contributed by atoms with Crippen molar-refractivity contribution in [1.29, 1.82) is 0 Å². The summed E-state index contributed by atoms with van der Waals surface area (Å²) in [5.74, 6) is 2.68. The van der Waals surface area contributed by atoms with E-state index in [1.165, 1.54) is 5.56 Å². The van der Waals surface area contributed by atoms with Gasteiger partial charge in [0.15, 0.2) is 5.96 Å². The fourth-order valence-electron chi connectivity index (χ4n) is 3.11. The van der Waals surface area contributed by atoms with Gasteiger partial charge in [0.05, 0.1) is 12.2 Å². The lowest BCUT2D eigenvalue weighted by molar-refractivity contribution is 0.235. The molecule has 6 heteroatoms. The second-order valence-corrected chi connectivity index (χ2v) is 6.10. The number of para-hydroxylation sites is 1. The van der Waals surface area contributed by atoms with Crippen molar-refractivity contribution < 1.29 is 9.26 Å². The number of guanidine groups is 1. The summed E-state index contributed by atoms with van der Waals surface area (Å²) in [6, 6.07) is 8.19. The van der Waals surface area contributed by atoms with Crippen LogP contribution < -0.4 is 15.4 Å². The Morgan fingerprint density at radius 3 is 2.80 bits per heavy atom. The minimum atomic E-state index is 0.129. The smallest absolute Gasteiger partial charge is 0.191 e. The molecule has 6 nitrogen and oxygen atoms in total. The third-order valence-corrected chi connectivity index (χ3v) is 4.47. The molecule has 1 aromatic heterocycles. The zero-order chi connectivity index (χ0) is 17.6. The second-order valence-electron chi connectivity index (χ2n) is 6.10. The normalized spacial score (nSPS) is 16.4. The molecule has 0 spiro atoms. The van der Waals surface area contributed by atoms with Gasteiger partial charge in [0.25, 0.3) is 0 Å². The van der Waals surface area contributed by atoms with E-state index in [-0.39, 0.29) is 6.10 Å². The molecule has 2 aromatic rings. The van der Waals surface area contributed by atoms with Crippen molar-refractivity contribution in [3.8, 4) is 5.75 Å². The summed E-state index contributed by atoms with van der Waals surface area (Å²) >= 11 is 0. The zero-order valence-electron chi connectivity index (χ0n) is 15.1. The van der Waals surface area contributed by atoms with E-state index in [4.69, 9.17) is 9.26 Å². The lowest BCUT2D eigenvalue weighted by Gasteiger charge is -2.15. The van der Waals surface area contributed by atoms with E-state index in [1.54, 1.807) is 7.05 Å². The molecule has 3 rings (SSSR count). The number of aryl methyl sites for hydroxylation is 2. The molecule has 1 aliphatic heterocycles. The number of aromatic nitrogens is 1. The first-order valence-electron chi connectivity index (χ1n) is 8.90. The van der Waals surface area contributed by atoms with E-state index in [0.29, 0.717) is 13.1 Å². The molecule has 0 saturated carbocycles. The summed E-state index contributed by atoms with van der Waals surface area (Å²) in [5, 5.41) is 10.8. The van der Waals surface area contributed by atoms with E-state index in [9.17, 15) is 0 Å². The van der Waals surface area contributed by atoms with Crippen molar-refractivity contribution >= 4 is 5.96 Å². The monoisotopic (exact) mass is 342 g/mol. The van der Waals surface area contributed by atoms with Gasteiger partial charge >= 0.3 is 0 Å². The van der Waals surface area contributed by atoms with Crippen molar-refractivity contribution in [3.63, 3.8) is 0 Å². The van der Waals surface area contributed by atoms with Crippen LogP contribution in [0.1, 0.15) is 36.4 Å². The second kappa shape index (κ2) is 8.05. The van der Waals surface area contributed by atoms with E-state index in [2.05, 4.69) is 40.7 Å². The van der Waals surface area contributed by atoms with Gasteiger partial charge in [-0.15, -0.1) is 0 Å². The Morgan fingerprint density at radius 1 is 1.24 bits per heavy atom. The van der Waals surface area contributed by atoms with Crippen LogP contribution in [-0.2, 0) is 25.8 Å². The fraction of sp³-hybridized carbons (Fsp3) is 0.474. The number of benzene rings is 1. The maximum atomic E-state index is 5.95. The number of hydrogen-bond acceptors (Lipinski definition) is 4. The van der Waals surface area contributed by atoms with Crippen molar-refractivity contribution in [2.24, 2.45) is 4.99 Å². The minimum absolute atomic E-state index is 0.129. The maximum absolute atomic E-state index is 5.95. The van der Waals surface area contributed by atoms with Crippen LogP contribution in [0.15, 0.2) is 33.8 Å². The van der Waals surface area contributed by atoms with Crippen LogP contribution in [0.4, 0.5) is 0 Å². The highest BCUT2D eigenvalue weighted by molar-refractivity contribution is 5.79. The van der Waals surface area contributed by atoms with E-state index >= 15 is 0 Å². The van der Waals surface area contributed by atoms with Crippen LogP contribution in [0.2, 0.25) is 0 Å². The molecule has 25 heavy (non-hydrogen) atoms. The van der Waals surface area contributed by atoms with Gasteiger partial charge in [0, 0.05) is 32.0 Å². The van der Waals surface area contributed by atoms with Crippen LogP contribution in [0.25, 0.3) is 0 Å². The van der Waals surface area contributed by atoms with Gasteiger partial charge in [-0.25, -0.2) is 0 Å². The zero-order valence-corrected chi connectivity index (χ0v) is 15.1. The Bertz CT molecular complexity index is 692. The predicted octanol–water partition coefficient (Wildman–Crippen LogP) is 2.47. The first kappa shape index (κ1) is 17.3. The van der Waals surface area contributed by atoms with E-state index in [1.807, 2.05) is 18.2 Å². The summed E-state index contributed by atoms with van der Waals surface area (Å²) in [4.78, 5) is 4.30. The van der Waals surface area contributed by atoms with Crippen molar-refractivity contribution in [2.75, 3.05) is 13.6 Å². The summed E-state index contributed by atoms with van der Waals surface area (Å²) in [6.07, 6.45) is 2.75. The average molecular weight is 342 g/mol. The Morgan fingerprint density at radius 2 is 2.08 bits per heavy atom. The molecule has 0 radical (unpaired) electrons. The highest BCUT2D eigenvalue weighted by Gasteiger charge is 2.22. The van der Waals surface area contributed by atoms with Gasteiger partial charge in [-0.2, -0.15) is 0 Å². The van der Waals surface area contributed by atoms with Crippen molar-refractivity contribution in [3.05, 3.63) is 46.8 Å². The number of rotatable bonds is 6. The third-order valence-electron chi connectivity index (χ3n) is 4.47. The largest absolute Gasteiger partial charge is 0.488 e.